The first-order chi connectivity index (χ1) is 8.40. The van der Waals surface area contributed by atoms with Crippen molar-refractivity contribution in [1.29, 1.82) is 0 Å². The van der Waals surface area contributed by atoms with Crippen molar-refractivity contribution >= 4 is 5.82 Å². The normalized spacial score (nSPS) is 17.0. The number of ether oxygens (including phenoxy) is 2. The van der Waals surface area contributed by atoms with Crippen LogP contribution < -0.4 is 11.3 Å². The molecule has 3 N–H and O–H groups in total. The Morgan fingerprint density at radius 3 is 3.06 bits per heavy atom. The maximum atomic E-state index is 5.71. The molecule has 0 bridgehead atoms. The predicted octanol–water partition coefficient (Wildman–Crippen LogP) is 1.31. The van der Waals surface area contributed by atoms with Crippen LogP contribution in [-0.4, -0.2) is 24.8 Å². The number of nitrogen functional groups attached to an aromatic ring is 1. The summed E-state index contributed by atoms with van der Waals surface area (Å²) in [4.78, 5) is 4.13. The van der Waals surface area contributed by atoms with Gasteiger partial charge in [0, 0.05) is 25.0 Å². The van der Waals surface area contributed by atoms with E-state index in [1.54, 1.807) is 6.20 Å². The van der Waals surface area contributed by atoms with Crippen LogP contribution in [0.3, 0.4) is 0 Å². The monoisotopic (exact) mass is 237 g/mol. The third-order valence-electron chi connectivity index (χ3n) is 2.98. The quantitative estimate of drug-likeness (QED) is 0.597. The van der Waals surface area contributed by atoms with Crippen molar-refractivity contribution in [2.75, 3.05) is 25.2 Å². The highest BCUT2D eigenvalue weighted by Gasteiger charge is 2.14. The Bertz CT molecular complexity index is 340. The first-order valence-corrected chi connectivity index (χ1v) is 5.96. The van der Waals surface area contributed by atoms with E-state index < -0.39 is 0 Å². The van der Waals surface area contributed by atoms with Gasteiger partial charge in [-0.3, -0.25) is 0 Å². The molecule has 1 aromatic heterocycles. The Hall–Kier alpha value is -1.17. The molecule has 0 atom stereocenters. The zero-order valence-electron chi connectivity index (χ0n) is 9.89. The van der Waals surface area contributed by atoms with Gasteiger partial charge in [0.15, 0.2) is 0 Å². The van der Waals surface area contributed by atoms with Gasteiger partial charge in [0.25, 0.3) is 0 Å². The molecule has 1 aromatic rings. The largest absolute Gasteiger partial charge is 0.381 e. The summed E-state index contributed by atoms with van der Waals surface area (Å²) in [6.07, 6.45) is 3.89. The average Bonchev–Trinajstić information content (AvgIpc) is 2.40. The Morgan fingerprint density at radius 2 is 2.29 bits per heavy atom. The van der Waals surface area contributed by atoms with Gasteiger partial charge in [-0.05, 0) is 24.8 Å². The van der Waals surface area contributed by atoms with Crippen molar-refractivity contribution in [3.05, 3.63) is 23.9 Å². The van der Waals surface area contributed by atoms with Crippen LogP contribution in [0.5, 0.6) is 0 Å². The number of hydrogen-bond acceptors (Lipinski definition) is 5. The molecule has 0 radical (unpaired) electrons. The van der Waals surface area contributed by atoms with Crippen molar-refractivity contribution in [1.82, 2.24) is 4.98 Å². The number of pyridine rings is 1. The molecule has 0 unspecified atom stereocenters. The summed E-state index contributed by atoms with van der Waals surface area (Å²) in [6.45, 7) is 3.04. The van der Waals surface area contributed by atoms with Gasteiger partial charge in [0.2, 0.25) is 0 Å². The second-order valence-corrected chi connectivity index (χ2v) is 4.23. The minimum Gasteiger partial charge on any atom is -0.381 e. The van der Waals surface area contributed by atoms with Gasteiger partial charge in [0.05, 0.1) is 13.2 Å². The first kappa shape index (κ1) is 12.3. The first-order valence-electron chi connectivity index (χ1n) is 5.96. The molecule has 2 heterocycles. The number of hydrogen-bond donors (Lipinski definition) is 2. The third kappa shape index (κ3) is 3.66. The van der Waals surface area contributed by atoms with Crippen LogP contribution in [0.25, 0.3) is 0 Å². The van der Waals surface area contributed by atoms with Gasteiger partial charge < -0.3 is 14.9 Å². The molecule has 1 fully saturated rings. The summed E-state index contributed by atoms with van der Waals surface area (Å²) in [7, 11) is 0. The fourth-order valence-corrected chi connectivity index (χ4v) is 1.93. The molecule has 17 heavy (non-hydrogen) atoms. The van der Waals surface area contributed by atoms with E-state index in [1.807, 2.05) is 12.1 Å². The van der Waals surface area contributed by atoms with E-state index >= 15 is 0 Å². The summed E-state index contributed by atoms with van der Waals surface area (Å²) >= 11 is 0. The van der Waals surface area contributed by atoms with Crippen molar-refractivity contribution in [3.63, 3.8) is 0 Å². The lowest BCUT2D eigenvalue weighted by Crippen LogP contribution is -2.20. The SMILES string of the molecule is NNc1ncccc1COCC1CCOCC1. The highest BCUT2D eigenvalue weighted by Crippen LogP contribution is 2.17. The van der Waals surface area contributed by atoms with Gasteiger partial charge in [0.1, 0.15) is 5.82 Å². The minimum absolute atomic E-state index is 0.546. The summed E-state index contributed by atoms with van der Waals surface area (Å²) in [5.74, 6) is 6.68. The molecule has 1 aliphatic rings. The Balaban J connectivity index is 1.77. The maximum Gasteiger partial charge on any atom is 0.145 e. The Morgan fingerprint density at radius 1 is 1.47 bits per heavy atom. The second-order valence-electron chi connectivity index (χ2n) is 4.23. The molecule has 0 aliphatic carbocycles. The summed E-state index contributed by atoms with van der Waals surface area (Å²) in [5.41, 5.74) is 3.56. The highest BCUT2D eigenvalue weighted by atomic mass is 16.5. The number of nitrogens with zero attached hydrogens (tertiary/aromatic N) is 1. The van der Waals surface area contributed by atoms with Crippen LogP contribution in [0.15, 0.2) is 18.3 Å². The van der Waals surface area contributed by atoms with Crippen LogP contribution in [0.2, 0.25) is 0 Å². The van der Waals surface area contributed by atoms with E-state index in [1.165, 1.54) is 0 Å². The molecule has 5 nitrogen and oxygen atoms in total. The van der Waals surface area contributed by atoms with E-state index in [9.17, 15) is 0 Å². The van der Waals surface area contributed by atoms with Gasteiger partial charge in [-0.25, -0.2) is 10.8 Å². The number of aromatic nitrogens is 1. The van der Waals surface area contributed by atoms with Crippen molar-refractivity contribution in [2.24, 2.45) is 11.8 Å². The number of nitrogens with two attached hydrogens (primary N) is 1. The van der Waals surface area contributed by atoms with Crippen molar-refractivity contribution < 1.29 is 9.47 Å². The zero-order valence-corrected chi connectivity index (χ0v) is 9.89. The van der Waals surface area contributed by atoms with E-state index in [4.69, 9.17) is 15.3 Å². The van der Waals surface area contributed by atoms with Gasteiger partial charge in [-0.1, -0.05) is 6.07 Å². The van der Waals surface area contributed by atoms with Crippen LogP contribution in [0.1, 0.15) is 18.4 Å². The fraction of sp³-hybridized carbons (Fsp3) is 0.583. The van der Waals surface area contributed by atoms with Crippen molar-refractivity contribution in [3.8, 4) is 0 Å². The van der Waals surface area contributed by atoms with Crippen LogP contribution in [-0.2, 0) is 16.1 Å². The number of hydrazine groups is 1. The zero-order chi connectivity index (χ0) is 11.9. The predicted molar refractivity (Wildman–Crippen MR) is 65.2 cm³/mol. The van der Waals surface area contributed by atoms with E-state index in [0.29, 0.717) is 18.3 Å². The molecule has 0 aromatic carbocycles. The Labute approximate surface area is 101 Å². The van der Waals surface area contributed by atoms with Crippen LogP contribution >= 0.6 is 0 Å². The minimum atomic E-state index is 0.546. The average molecular weight is 237 g/mol. The smallest absolute Gasteiger partial charge is 0.145 e. The molecule has 0 spiro atoms. The molecular weight excluding hydrogens is 218 g/mol. The van der Waals surface area contributed by atoms with E-state index in [2.05, 4.69) is 10.4 Å². The molecule has 1 saturated heterocycles. The standard InChI is InChI=1S/C12H19N3O2/c13-15-12-11(2-1-5-14-12)9-17-8-10-3-6-16-7-4-10/h1-2,5,10H,3-4,6-9,13H2,(H,14,15). The maximum absolute atomic E-state index is 5.71. The summed E-state index contributed by atoms with van der Waals surface area (Å²) in [5, 5.41) is 0. The topological polar surface area (TPSA) is 69.4 Å². The van der Waals surface area contributed by atoms with E-state index in [0.717, 1.165) is 38.2 Å². The fourth-order valence-electron chi connectivity index (χ4n) is 1.93. The number of anilines is 1. The second kappa shape index (κ2) is 6.54. The molecule has 0 amide bonds. The summed E-state index contributed by atoms with van der Waals surface area (Å²) < 4.78 is 11.0. The molecule has 0 saturated carbocycles. The molecular formula is C12H19N3O2. The van der Waals surface area contributed by atoms with Crippen LogP contribution in [0, 0.1) is 5.92 Å². The molecule has 1 aliphatic heterocycles. The number of rotatable bonds is 5. The third-order valence-corrected chi connectivity index (χ3v) is 2.98. The lowest BCUT2D eigenvalue weighted by molar-refractivity contribution is 0.0158. The lowest BCUT2D eigenvalue weighted by Gasteiger charge is -2.21. The molecule has 5 heteroatoms. The molecule has 94 valence electrons. The van der Waals surface area contributed by atoms with Crippen molar-refractivity contribution in [2.45, 2.75) is 19.4 Å². The van der Waals surface area contributed by atoms with Gasteiger partial charge >= 0.3 is 0 Å². The van der Waals surface area contributed by atoms with Crippen LogP contribution in [0.4, 0.5) is 5.82 Å². The lowest BCUT2D eigenvalue weighted by atomic mass is 10.0. The van der Waals surface area contributed by atoms with Gasteiger partial charge in [-0.15, -0.1) is 0 Å². The summed E-state index contributed by atoms with van der Waals surface area (Å²) in [6, 6.07) is 3.85. The molecule has 2 rings (SSSR count). The highest BCUT2D eigenvalue weighted by molar-refractivity contribution is 5.41. The van der Waals surface area contributed by atoms with Gasteiger partial charge in [-0.2, -0.15) is 0 Å². The number of nitrogens with one attached hydrogen (secondary N) is 1. The van der Waals surface area contributed by atoms with E-state index in [-0.39, 0.29) is 0 Å². The Kier molecular flexibility index (Phi) is 4.73.